The van der Waals surface area contributed by atoms with Crippen molar-refractivity contribution in [2.75, 3.05) is 31.8 Å². The van der Waals surface area contributed by atoms with E-state index in [2.05, 4.69) is 18.5 Å². The van der Waals surface area contributed by atoms with Gasteiger partial charge in [0.15, 0.2) is 0 Å². The highest BCUT2D eigenvalue weighted by Crippen LogP contribution is 2.59. The number of likely N-dealkylation sites (tertiary alicyclic amines) is 1. The third-order valence-corrected chi connectivity index (χ3v) is 10.2. The second-order valence-corrected chi connectivity index (χ2v) is 13.6. The number of amides is 3. The molecule has 0 unspecified atom stereocenters. The summed E-state index contributed by atoms with van der Waals surface area (Å²) in [5.41, 5.74) is 1.85. The first-order valence-electron chi connectivity index (χ1n) is 17.3. The lowest BCUT2D eigenvalue weighted by Gasteiger charge is -2.38. The van der Waals surface area contributed by atoms with Crippen molar-refractivity contribution in [3.8, 4) is 0 Å². The van der Waals surface area contributed by atoms with Gasteiger partial charge in [0.05, 0.1) is 43.2 Å². The van der Waals surface area contributed by atoms with Gasteiger partial charge in [-0.05, 0) is 62.8 Å². The van der Waals surface area contributed by atoms with Crippen molar-refractivity contribution in [1.29, 1.82) is 0 Å². The van der Waals surface area contributed by atoms with Crippen LogP contribution in [0, 0.1) is 25.7 Å². The molecule has 3 fully saturated rings. The Labute approximate surface area is 294 Å². The Morgan fingerprint density at radius 3 is 2.56 bits per heavy atom. The summed E-state index contributed by atoms with van der Waals surface area (Å²) in [5.74, 6) is -3.74. The molecule has 0 aliphatic carbocycles. The van der Waals surface area contributed by atoms with Gasteiger partial charge in [-0.2, -0.15) is 0 Å². The number of carbonyl (C=O) groups is 4. The number of aryl methyl sites for hydroxylation is 2. The van der Waals surface area contributed by atoms with E-state index in [1.165, 1.54) is 12.0 Å². The number of carbonyl (C=O) groups excluding carboxylic acids is 4. The summed E-state index contributed by atoms with van der Waals surface area (Å²) in [5, 5.41) is 13.3. The van der Waals surface area contributed by atoms with Gasteiger partial charge >= 0.3 is 5.97 Å². The topological polar surface area (TPSA) is 135 Å². The van der Waals surface area contributed by atoms with Crippen molar-refractivity contribution in [3.05, 3.63) is 90.5 Å². The number of aliphatic hydroxyl groups is 1. The van der Waals surface area contributed by atoms with Crippen molar-refractivity contribution >= 4 is 29.4 Å². The molecule has 11 heteroatoms. The molecule has 2 aromatic carbocycles. The number of rotatable bonds is 16. The van der Waals surface area contributed by atoms with Gasteiger partial charge in [0, 0.05) is 25.8 Å². The molecule has 3 heterocycles. The fourth-order valence-electron chi connectivity index (χ4n) is 7.92. The first-order valence-corrected chi connectivity index (χ1v) is 17.3. The number of nitrogens with one attached hydrogen (secondary N) is 1. The highest BCUT2D eigenvalue weighted by atomic mass is 16.6. The third-order valence-electron chi connectivity index (χ3n) is 10.2. The van der Waals surface area contributed by atoms with Crippen LogP contribution in [0.15, 0.2) is 73.8 Å². The molecular weight excluding hydrogens is 638 g/mol. The first kappa shape index (κ1) is 36.9. The lowest BCUT2D eigenvalue weighted by Crippen LogP contribution is -2.58. The van der Waals surface area contributed by atoms with Gasteiger partial charge in [-0.1, -0.05) is 54.6 Å². The molecule has 2 bridgehead atoms. The van der Waals surface area contributed by atoms with Crippen LogP contribution in [0.3, 0.4) is 0 Å². The minimum atomic E-state index is -1.31. The zero-order valence-electron chi connectivity index (χ0n) is 29.4. The van der Waals surface area contributed by atoms with Gasteiger partial charge in [0.25, 0.3) is 5.91 Å². The minimum Gasteiger partial charge on any atom is -0.455 e. The zero-order valence-corrected chi connectivity index (χ0v) is 29.4. The molecule has 2 N–H and O–H groups in total. The van der Waals surface area contributed by atoms with Gasteiger partial charge in [-0.25, -0.2) is 0 Å². The van der Waals surface area contributed by atoms with Crippen LogP contribution in [0.5, 0.6) is 0 Å². The lowest BCUT2D eigenvalue weighted by atomic mass is 9.70. The highest BCUT2D eigenvalue weighted by molar-refractivity contribution is 6.05. The molecule has 3 aliphatic rings. The van der Waals surface area contributed by atoms with Crippen LogP contribution < -0.4 is 10.2 Å². The van der Waals surface area contributed by atoms with Crippen LogP contribution in [0.1, 0.15) is 55.4 Å². The van der Waals surface area contributed by atoms with Crippen molar-refractivity contribution in [3.63, 3.8) is 0 Å². The summed E-state index contributed by atoms with van der Waals surface area (Å²) in [4.78, 5) is 59.7. The van der Waals surface area contributed by atoms with E-state index in [9.17, 15) is 24.3 Å². The summed E-state index contributed by atoms with van der Waals surface area (Å²) in [7, 11) is 1.50. The summed E-state index contributed by atoms with van der Waals surface area (Å²) in [6, 6.07) is 12.3. The standard InChI is InChI=1S/C39H49N3O8/c1-7-9-15-31(44)40-28(23-48-6)34(27-13-11-10-12-14-27)49-38(47)32-30-18-19-39(50-30)33(32)36(45)42(26(5)22-43)35(39)37(46)41(20-8-2)29-21-24(3)16-17-25(29)4/h7-8,10-14,16-17,21,26,28,30,32-35,43H,1-2,9,15,18-20,22-23H2,3-6H3,(H,40,44)/t26-,28-,30-,32+,33+,34-,35-,39+/m1/s1. The van der Waals surface area contributed by atoms with E-state index in [1.807, 2.05) is 50.2 Å². The Kier molecular flexibility index (Phi) is 11.6. The van der Waals surface area contributed by atoms with E-state index in [-0.39, 0.29) is 38.0 Å². The summed E-state index contributed by atoms with van der Waals surface area (Å²) < 4.78 is 18.4. The Hall–Kier alpha value is -4.32. The maximum atomic E-state index is 14.8. The van der Waals surface area contributed by atoms with Crippen molar-refractivity contribution in [1.82, 2.24) is 10.2 Å². The smallest absolute Gasteiger partial charge is 0.313 e. The maximum Gasteiger partial charge on any atom is 0.313 e. The van der Waals surface area contributed by atoms with Crippen LogP contribution in [0.25, 0.3) is 0 Å². The van der Waals surface area contributed by atoms with Gasteiger partial charge in [0.2, 0.25) is 11.8 Å². The molecule has 0 saturated carbocycles. The fraction of sp³-hybridized carbons (Fsp3) is 0.487. The number of aliphatic hydroxyl groups excluding tert-OH is 1. The molecule has 3 saturated heterocycles. The number of anilines is 1. The quantitative estimate of drug-likeness (QED) is 0.200. The Morgan fingerprint density at radius 2 is 1.90 bits per heavy atom. The third kappa shape index (κ3) is 6.86. The monoisotopic (exact) mass is 687 g/mol. The normalized spacial score (nSPS) is 25.4. The number of hydrogen-bond acceptors (Lipinski definition) is 8. The number of nitrogens with zero attached hydrogens (tertiary/aromatic N) is 2. The molecule has 3 amide bonds. The van der Waals surface area contributed by atoms with E-state index in [1.54, 1.807) is 36.1 Å². The molecule has 50 heavy (non-hydrogen) atoms. The van der Waals surface area contributed by atoms with E-state index in [0.29, 0.717) is 30.5 Å². The molecule has 0 aromatic heterocycles. The molecule has 2 aromatic rings. The Morgan fingerprint density at radius 1 is 1.16 bits per heavy atom. The number of allylic oxidation sites excluding steroid dienone is 1. The van der Waals surface area contributed by atoms with Gasteiger partial charge in [-0.15, -0.1) is 13.2 Å². The van der Waals surface area contributed by atoms with E-state index >= 15 is 0 Å². The predicted molar refractivity (Wildman–Crippen MR) is 188 cm³/mol. The average molecular weight is 688 g/mol. The summed E-state index contributed by atoms with van der Waals surface area (Å²) in [6.07, 6.45) is 3.18. The van der Waals surface area contributed by atoms with E-state index < -0.39 is 59.6 Å². The van der Waals surface area contributed by atoms with Crippen molar-refractivity contribution in [2.24, 2.45) is 11.8 Å². The van der Waals surface area contributed by atoms with Gasteiger partial charge in [0.1, 0.15) is 17.7 Å². The largest absolute Gasteiger partial charge is 0.455 e. The van der Waals surface area contributed by atoms with Crippen LogP contribution in [0.2, 0.25) is 0 Å². The zero-order chi connectivity index (χ0) is 36.2. The number of methoxy groups -OCH3 is 1. The Balaban J connectivity index is 1.51. The predicted octanol–water partition coefficient (Wildman–Crippen LogP) is 3.96. The molecule has 1 spiro atoms. The molecule has 5 rings (SSSR count). The number of benzene rings is 2. The van der Waals surface area contributed by atoms with E-state index in [0.717, 1.165) is 11.1 Å². The van der Waals surface area contributed by atoms with Gasteiger partial charge in [-0.3, -0.25) is 19.2 Å². The molecular formula is C39H49N3O8. The molecule has 0 radical (unpaired) electrons. The van der Waals surface area contributed by atoms with Crippen LogP contribution in [-0.4, -0.2) is 90.4 Å². The second kappa shape index (κ2) is 15.7. The van der Waals surface area contributed by atoms with Crippen LogP contribution in [0.4, 0.5) is 5.69 Å². The van der Waals surface area contributed by atoms with Crippen LogP contribution >= 0.6 is 0 Å². The fourth-order valence-corrected chi connectivity index (χ4v) is 7.92. The minimum absolute atomic E-state index is 0.0550. The average Bonchev–Trinajstić information content (AvgIpc) is 3.76. The Bertz CT molecular complexity index is 1600. The van der Waals surface area contributed by atoms with Crippen LogP contribution in [-0.2, 0) is 33.4 Å². The molecule has 11 nitrogen and oxygen atoms in total. The van der Waals surface area contributed by atoms with E-state index in [4.69, 9.17) is 14.2 Å². The second-order valence-electron chi connectivity index (χ2n) is 13.6. The highest BCUT2D eigenvalue weighted by Gasteiger charge is 2.75. The summed E-state index contributed by atoms with van der Waals surface area (Å²) in [6.45, 7) is 13.0. The molecule has 3 aliphatic heterocycles. The van der Waals surface area contributed by atoms with Gasteiger partial charge < -0.3 is 34.4 Å². The summed E-state index contributed by atoms with van der Waals surface area (Å²) >= 11 is 0. The van der Waals surface area contributed by atoms with Crippen molar-refractivity contribution < 1.29 is 38.5 Å². The lowest BCUT2D eigenvalue weighted by molar-refractivity contribution is -0.163. The maximum absolute atomic E-state index is 14.8. The number of hydrogen-bond donors (Lipinski definition) is 2. The molecule has 8 atom stereocenters. The number of ether oxygens (including phenoxy) is 3. The number of fused-ring (bicyclic) bond motifs is 1. The molecule has 268 valence electrons. The van der Waals surface area contributed by atoms with Crippen molar-refractivity contribution in [2.45, 2.75) is 82.4 Å². The first-order chi connectivity index (χ1) is 24.0. The number of esters is 1. The SMILES string of the molecule is C=CCCC(=O)N[C@H](COC)[C@H](OC(=O)[C@@H]1[C@H]2C(=O)N([C@H](C)CO)[C@H](C(=O)N(CC=C)c3cc(C)ccc3C)[C@]23CC[C@H]1O3)c1ccccc1.